The van der Waals surface area contributed by atoms with E-state index in [1.807, 2.05) is 0 Å². The lowest BCUT2D eigenvalue weighted by molar-refractivity contribution is 0.163. The Morgan fingerprint density at radius 2 is 1.67 bits per heavy atom. The zero-order valence-corrected chi connectivity index (χ0v) is 10.5. The topological polar surface area (TPSA) is 12.0 Å². The molecule has 0 bridgehead atoms. The summed E-state index contributed by atoms with van der Waals surface area (Å²) in [5.74, 6) is 0.989. The fourth-order valence-corrected chi connectivity index (χ4v) is 3.40. The predicted molar refractivity (Wildman–Crippen MR) is 66.0 cm³/mol. The molecule has 1 atom stereocenters. The molecular weight excluding hydrogens is 182 g/mol. The van der Waals surface area contributed by atoms with E-state index in [-0.39, 0.29) is 0 Å². The maximum atomic E-state index is 3.85. The summed E-state index contributed by atoms with van der Waals surface area (Å²) < 4.78 is 0. The van der Waals surface area contributed by atoms with E-state index in [1.54, 1.807) is 0 Å². The van der Waals surface area contributed by atoms with Crippen LogP contribution in [0.15, 0.2) is 0 Å². The minimum absolute atomic E-state index is 0.539. The molecule has 1 N–H and O–H groups in total. The molecule has 15 heavy (non-hydrogen) atoms. The molecule has 1 heteroatoms. The first kappa shape index (κ1) is 11.4. The average molecular weight is 209 g/mol. The van der Waals surface area contributed by atoms with Crippen LogP contribution in [0.4, 0.5) is 0 Å². The van der Waals surface area contributed by atoms with E-state index in [2.05, 4.69) is 19.2 Å². The summed E-state index contributed by atoms with van der Waals surface area (Å²) in [7, 11) is 0. The van der Waals surface area contributed by atoms with Gasteiger partial charge in [0.15, 0.2) is 0 Å². The molecule has 0 heterocycles. The summed E-state index contributed by atoms with van der Waals surface area (Å²) in [6, 6.07) is 0.784. The van der Waals surface area contributed by atoms with Gasteiger partial charge in [-0.05, 0) is 43.6 Å². The van der Waals surface area contributed by atoms with E-state index < -0.39 is 0 Å². The van der Waals surface area contributed by atoms with E-state index in [0.717, 1.165) is 12.0 Å². The fourth-order valence-electron chi connectivity index (χ4n) is 3.40. The van der Waals surface area contributed by atoms with Crippen molar-refractivity contribution in [3.63, 3.8) is 0 Å². The second-order valence-electron chi connectivity index (χ2n) is 6.35. The van der Waals surface area contributed by atoms with Crippen LogP contribution in [0.1, 0.15) is 65.2 Å². The molecule has 0 aromatic carbocycles. The first-order valence-electron chi connectivity index (χ1n) is 6.92. The summed E-state index contributed by atoms with van der Waals surface area (Å²) >= 11 is 0. The Balaban J connectivity index is 1.76. The van der Waals surface area contributed by atoms with Crippen molar-refractivity contribution in [2.45, 2.75) is 71.3 Å². The molecule has 0 radical (unpaired) electrons. The molecule has 2 fully saturated rings. The molecule has 1 unspecified atom stereocenters. The largest absolute Gasteiger partial charge is 0.313 e. The van der Waals surface area contributed by atoms with Gasteiger partial charge in [-0.2, -0.15) is 0 Å². The Bertz CT molecular complexity index is 192. The second kappa shape index (κ2) is 4.86. The lowest BCUT2D eigenvalue weighted by Crippen LogP contribution is -2.45. The van der Waals surface area contributed by atoms with Gasteiger partial charge in [0.05, 0.1) is 0 Å². The van der Waals surface area contributed by atoms with E-state index in [4.69, 9.17) is 0 Å². The van der Waals surface area contributed by atoms with Crippen LogP contribution in [0.2, 0.25) is 0 Å². The van der Waals surface area contributed by atoms with E-state index in [9.17, 15) is 0 Å². The predicted octanol–water partition coefficient (Wildman–Crippen LogP) is 3.74. The molecule has 2 rings (SSSR count). The minimum atomic E-state index is 0.539. The average Bonchev–Trinajstić information content (AvgIpc) is 2.68. The third-order valence-corrected chi connectivity index (χ3v) is 4.63. The summed E-state index contributed by atoms with van der Waals surface area (Å²) in [5, 5.41) is 3.85. The lowest BCUT2D eigenvalue weighted by Gasteiger charge is -2.39. The molecule has 1 nitrogen and oxygen atoms in total. The van der Waals surface area contributed by atoms with Crippen LogP contribution in [0.3, 0.4) is 0 Å². The normalized spacial score (nSPS) is 32.0. The second-order valence-corrected chi connectivity index (χ2v) is 6.35. The summed E-state index contributed by atoms with van der Waals surface area (Å²) in [5.41, 5.74) is 0.539. The smallest absolute Gasteiger partial charge is 0.0118 e. The highest BCUT2D eigenvalue weighted by Crippen LogP contribution is 2.35. The van der Waals surface area contributed by atoms with Gasteiger partial charge in [-0.25, -0.2) is 0 Å². The number of hydrogen-bond acceptors (Lipinski definition) is 1. The molecule has 0 aromatic heterocycles. The molecule has 0 amide bonds. The van der Waals surface area contributed by atoms with Gasteiger partial charge in [-0.15, -0.1) is 0 Å². The van der Waals surface area contributed by atoms with E-state index in [0.29, 0.717) is 5.41 Å². The van der Waals surface area contributed by atoms with Crippen LogP contribution < -0.4 is 5.32 Å². The van der Waals surface area contributed by atoms with Crippen LogP contribution in [0.25, 0.3) is 0 Å². The van der Waals surface area contributed by atoms with Crippen LogP contribution in [0.5, 0.6) is 0 Å². The Hall–Kier alpha value is -0.0400. The quantitative estimate of drug-likeness (QED) is 0.746. The van der Waals surface area contributed by atoms with Gasteiger partial charge in [-0.1, -0.05) is 39.5 Å². The van der Waals surface area contributed by atoms with Crippen molar-refractivity contribution < 1.29 is 0 Å². The van der Waals surface area contributed by atoms with E-state index in [1.165, 1.54) is 57.9 Å². The highest BCUT2D eigenvalue weighted by atomic mass is 14.9. The highest BCUT2D eigenvalue weighted by Gasteiger charge is 2.32. The Morgan fingerprint density at radius 1 is 1.00 bits per heavy atom. The van der Waals surface area contributed by atoms with Gasteiger partial charge in [0, 0.05) is 6.04 Å². The lowest BCUT2D eigenvalue weighted by atomic mass is 9.73. The van der Waals surface area contributed by atoms with Gasteiger partial charge in [0.25, 0.3) is 0 Å². The highest BCUT2D eigenvalue weighted by molar-refractivity contribution is 4.88. The SMILES string of the molecule is CC1(C)CCCCC1NCC1CCCC1. The summed E-state index contributed by atoms with van der Waals surface area (Å²) in [6.07, 6.45) is 11.6. The Kier molecular flexibility index (Phi) is 3.71. The Labute approximate surface area is 95.0 Å². The molecule has 0 aliphatic heterocycles. The third kappa shape index (κ3) is 2.96. The van der Waals surface area contributed by atoms with Gasteiger partial charge in [0.2, 0.25) is 0 Å². The van der Waals surface area contributed by atoms with Crippen LogP contribution in [0, 0.1) is 11.3 Å². The standard InChI is InChI=1S/C14H27N/c1-14(2)10-6-5-9-13(14)15-11-12-7-3-4-8-12/h12-13,15H,3-11H2,1-2H3. The molecule has 2 aliphatic rings. The van der Waals surface area contributed by atoms with E-state index >= 15 is 0 Å². The Morgan fingerprint density at radius 3 is 2.33 bits per heavy atom. The molecule has 2 saturated carbocycles. The molecule has 0 saturated heterocycles. The molecule has 0 spiro atoms. The van der Waals surface area contributed by atoms with Gasteiger partial charge >= 0.3 is 0 Å². The van der Waals surface area contributed by atoms with Gasteiger partial charge in [0.1, 0.15) is 0 Å². The number of hydrogen-bond donors (Lipinski definition) is 1. The van der Waals surface area contributed by atoms with Crippen molar-refractivity contribution in [2.75, 3.05) is 6.54 Å². The fraction of sp³-hybridized carbons (Fsp3) is 1.00. The van der Waals surface area contributed by atoms with Gasteiger partial charge in [-0.3, -0.25) is 0 Å². The number of nitrogens with one attached hydrogen (secondary N) is 1. The summed E-state index contributed by atoms with van der Waals surface area (Å²) in [6.45, 7) is 6.17. The molecular formula is C14H27N. The van der Waals surface area contributed by atoms with Crippen molar-refractivity contribution in [2.24, 2.45) is 11.3 Å². The zero-order chi connectivity index (χ0) is 10.7. The van der Waals surface area contributed by atoms with Crippen molar-refractivity contribution in [1.29, 1.82) is 0 Å². The van der Waals surface area contributed by atoms with Crippen molar-refractivity contribution in [3.8, 4) is 0 Å². The minimum Gasteiger partial charge on any atom is -0.313 e. The monoisotopic (exact) mass is 209 g/mol. The van der Waals surface area contributed by atoms with Gasteiger partial charge < -0.3 is 5.32 Å². The summed E-state index contributed by atoms with van der Waals surface area (Å²) in [4.78, 5) is 0. The van der Waals surface area contributed by atoms with Crippen LogP contribution in [-0.4, -0.2) is 12.6 Å². The molecule has 2 aliphatic carbocycles. The number of rotatable bonds is 3. The maximum Gasteiger partial charge on any atom is 0.0118 e. The van der Waals surface area contributed by atoms with Crippen LogP contribution in [-0.2, 0) is 0 Å². The maximum absolute atomic E-state index is 3.85. The third-order valence-electron chi connectivity index (χ3n) is 4.63. The van der Waals surface area contributed by atoms with Crippen molar-refractivity contribution >= 4 is 0 Å². The van der Waals surface area contributed by atoms with Crippen molar-refractivity contribution in [3.05, 3.63) is 0 Å². The molecule has 88 valence electrons. The zero-order valence-electron chi connectivity index (χ0n) is 10.5. The van der Waals surface area contributed by atoms with Crippen LogP contribution >= 0.6 is 0 Å². The molecule has 0 aromatic rings. The first-order valence-corrected chi connectivity index (χ1v) is 6.92. The first-order chi connectivity index (χ1) is 7.18. The van der Waals surface area contributed by atoms with Crippen molar-refractivity contribution in [1.82, 2.24) is 5.32 Å².